The average Bonchev–Trinajstić information content (AvgIpc) is 2.62. The third-order valence-corrected chi connectivity index (χ3v) is 3.96. The van der Waals surface area contributed by atoms with Gasteiger partial charge in [-0.1, -0.05) is 6.07 Å². The predicted octanol–water partition coefficient (Wildman–Crippen LogP) is 2.21. The van der Waals surface area contributed by atoms with E-state index in [9.17, 15) is 14.7 Å². The molecule has 2 heterocycles. The van der Waals surface area contributed by atoms with E-state index in [1.807, 2.05) is 0 Å². The molecule has 8 heteroatoms. The van der Waals surface area contributed by atoms with Crippen molar-refractivity contribution in [3.63, 3.8) is 0 Å². The zero-order chi connectivity index (χ0) is 18.8. The molecule has 0 radical (unpaired) electrons. The Kier molecular flexibility index (Phi) is 4.49. The molecule has 0 aliphatic rings. The summed E-state index contributed by atoms with van der Waals surface area (Å²) in [5, 5.41) is 13.3. The number of benzene rings is 1. The smallest absolute Gasteiger partial charge is 0.266 e. The minimum absolute atomic E-state index is 0.255. The van der Waals surface area contributed by atoms with Crippen molar-refractivity contribution in [1.29, 1.82) is 0 Å². The van der Waals surface area contributed by atoms with Gasteiger partial charge in [0.15, 0.2) is 11.5 Å². The lowest BCUT2D eigenvalue weighted by molar-refractivity contribution is 0.102. The van der Waals surface area contributed by atoms with Crippen molar-refractivity contribution in [1.82, 2.24) is 9.97 Å². The maximum absolute atomic E-state index is 12.5. The molecule has 3 rings (SSSR count). The van der Waals surface area contributed by atoms with Crippen molar-refractivity contribution in [2.45, 2.75) is 6.92 Å². The van der Waals surface area contributed by atoms with Crippen LogP contribution >= 0.6 is 0 Å². The average molecular weight is 355 g/mol. The summed E-state index contributed by atoms with van der Waals surface area (Å²) in [6, 6.07) is 6.50. The molecule has 0 bridgehead atoms. The standard InChI is InChI=1S/C18H17N3O5/c1-9-5-4-6-19-16(9)21-18(24)14-15(22)10-7-12(25-2)13(26-3)8-11(10)20-17(14)23/h4-8H,1-3H3,(H,19,21,24)(H2,20,22,23). The molecule has 1 aromatic carbocycles. The van der Waals surface area contributed by atoms with Gasteiger partial charge in [0.1, 0.15) is 17.1 Å². The number of nitrogens with zero attached hydrogens (tertiary/aromatic N) is 1. The first-order valence-electron chi connectivity index (χ1n) is 7.70. The summed E-state index contributed by atoms with van der Waals surface area (Å²) in [5.74, 6) is -0.160. The summed E-state index contributed by atoms with van der Waals surface area (Å²) in [6.07, 6.45) is 1.52. The fourth-order valence-electron chi connectivity index (χ4n) is 2.60. The molecule has 3 aromatic rings. The molecule has 0 atom stereocenters. The number of nitrogens with one attached hydrogen (secondary N) is 2. The third kappa shape index (κ3) is 2.92. The molecule has 8 nitrogen and oxygen atoms in total. The van der Waals surface area contributed by atoms with Crippen LogP contribution in [0.3, 0.4) is 0 Å². The number of pyridine rings is 2. The van der Waals surface area contributed by atoms with E-state index in [2.05, 4.69) is 15.3 Å². The van der Waals surface area contributed by atoms with Gasteiger partial charge in [-0.25, -0.2) is 4.98 Å². The maximum Gasteiger partial charge on any atom is 0.266 e. The van der Waals surface area contributed by atoms with E-state index in [1.54, 1.807) is 19.1 Å². The van der Waals surface area contributed by atoms with Crippen LogP contribution in [-0.4, -0.2) is 35.2 Å². The van der Waals surface area contributed by atoms with E-state index in [0.717, 1.165) is 5.56 Å². The summed E-state index contributed by atoms with van der Waals surface area (Å²) in [4.78, 5) is 31.5. The van der Waals surface area contributed by atoms with Crippen molar-refractivity contribution >= 4 is 22.6 Å². The van der Waals surface area contributed by atoms with E-state index in [1.165, 1.54) is 32.5 Å². The number of rotatable bonds is 4. The van der Waals surface area contributed by atoms with Gasteiger partial charge in [0, 0.05) is 17.6 Å². The highest BCUT2D eigenvalue weighted by atomic mass is 16.5. The van der Waals surface area contributed by atoms with Crippen molar-refractivity contribution < 1.29 is 19.4 Å². The molecule has 1 amide bonds. The van der Waals surface area contributed by atoms with Gasteiger partial charge in [-0.05, 0) is 24.6 Å². The van der Waals surface area contributed by atoms with Crippen LogP contribution in [0.15, 0.2) is 35.3 Å². The molecule has 134 valence electrons. The van der Waals surface area contributed by atoms with Crippen LogP contribution in [0.1, 0.15) is 15.9 Å². The van der Waals surface area contributed by atoms with Gasteiger partial charge in [-0.2, -0.15) is 0 Å². The molecule has 0 aliphatic heterocycles. The summed E-state index contributed by atoms with van der Waals surface area (Å²) in [7, 11) is 2.91. The van der Waals surface area contributed by atoms with Gasteiger partial charge in [-0.3, -0.25) is 9.59 Å². The van der Waals surface area contributed by atoms with Crippen LogP contribution in [0.4, 0.5) is 5.82 Å². The fourth-order valence-corrected chi connectivity index (χ4v) is 2.60. The molecule has 0 saturated heterocycles. The fraction of sp³-hybridized carbons (Fsp3) is 0.167. The summed E-state index contributed by atoms with van der Waals surface area (Å²) in [5.41, 5.74) is -0.0947. The predicted molar refractivity (Wildman–Crippen MR) is 96.3 cm³/mol. The topological polar surface area (TPSA) is 114 Å². The van der Waals surface area contributed by atoms with E-state index in [4.69, 9.17) is 9.47 Å². The lowest BCUT2D eigenvalue weighted by Crippen LogP contribution is -2.24. The van der Waals surface area contributed by atoms with E-state index in [-0.39, 0.29) is 5.39 Å². The Morgan fingerprint density at radius 3 is 2.58 bits per heavy atom. The highest BCUT2D eigenvalue weighted by molar-refractivity contribution is 6.09. The minimum Gasteiger partial charge on any atom is -0.506 e. The van der Waals surface area contributed by atoms with Crippen molar-refractivity contribution in [3.8, 4) is 17.2 Å². The number of amides is 1. The van der Waals surface area contributed by atoms with E-state index in [0.29, 0.717) is 22.8 Å². The van der Waals surface area contributed by atoms with Crippen LogP contribution in [-0.2, 0) is 0 Å². The Hall–Kier alpha value is -3.55. The number of aryl methyl sites for hydroxylation is 1. The highest BCUT2D eigenvalue weighted by Crippen LogP contribution is 2.35. The number of hydrogen-bond donors (Lipinski definition) is 3. The molecule has 0 fully saturated rings. The zero-order valence-corrected chi connectivity index (χ0v) is 14.4. The number of H-pyrrole nitrogens is 1. The zero-order valence-electron chi connectivity index (χ0n) is 14.4. The van der Waals surface area contributed by atoms with Crippen molar-refractivity contribution in [3.05, 3.63) is 51.9 Å². The number of ether oxygens (including phenoxy) is 2. The molecule has 3 N–H and O–H groups in total. The van der Waals surface area contributed by atoms with Crippen LogP contribution in [0, 0.1) is 6.92 Å². The second-order valence-corrected chi connectivity index (χ2v) is 5.55. The minimum atomic E-state index is -0.762. The van der Waals surface area contributed by atoms with Gasteiger partial charge < -0.3 is 24.9 Å². The number of anilines is 1. The first kappa shape index (κ1) is 17.3. The number of methoxy groups -OCH3 is 2. The number of aromatic nitrogens is 2. The number of fused-ring (bicyclic) bond motifs is 1. The SMILES string of the molecule is COc1cc2[nH]c(=O)c(C(=O)Nc3ncccc3C)c(O)c2cc1OC. The number of aromatic hydroxyl groups is 1. The molecule has 0 unspecified atom stereocenters. The summed E-state index contributed by atoms with van der Waals surface area (Å²) < 4.78 is 10.4. The molecular weight excluding hydrogens is 338 g/mol. The molecule has 26 heavy (non-hydrogen) atoms. The third-order valence-electron chi connectivity index (χ3n) is 3.96. The van der Waals surface area contributed by atoms with Gasteiger partial charge in [-0.15, -0.1) is 0 Å². The Labute approximate surface area is 148 Å². The second-order valence-electron chi connectivity index (χ2n) is 5.55. The van der Waals surface area contributed by atoms with E-state index < -0.39 is 22.8 Å². The molecular formula is C18H17N3O5. The number of carbonyl (C=O) groups is 1. The Bertz CT molecular complexity index is 1060. The van der Waals surface area contributed by atoms with Gasteiger partial charge in [0.25, 0.3) is 11.5 Å². The van der Waals surface area contributed by atoms with Crippen molar-refractivity contribution in [2.24, 2.45) is 0 Å². The number of aromatic amines is 1. The van der Waals surface area contributed by atoms with E-state index >= 15 is 0 Å². The maximum atomic E-state index is 12.5. The number of carbonyl (C=O) groups excluding carboxylic acids is 1. The Morgan fingerprint density at radius 2 is 1.92 bits per heavy atom. The van der Waals surface area contributed by atoms with Gasteiger partial charge >= 0.3 is 0 Å². The second kappa shape index (κ2) is 6.75. The first-order valence-corrected chi connectivity index (χ1v) is 7.70. The normalized spacial score (nSPS) is 10.6. The molecule has 0 saturated carbocycles. The number of hydrogen-bond acceptors (Lipinski definition) is 6. The van der Waals surface area contributed by atoms with Crippen LogP contribution < -0.4 is 20.3 Å². The Morgan fingerprint density at radius 1 is 1.23 bits per heavy atom. The highest BCUT2D eigenvalue weighted by Gasteiger charge is 2.21. The molecule has 2 aromatic heterocycles. The monoisotopic (exact) mass is 355 g/mol. The lowest BCUT2D eigenvalue weighted by atomic mass is 10.1. The molecule has 0 spiro atoms. The van der Waals surface area contributed by atoms with Crippen LogP contribution in [0.2, 0.25) is 0 Å². The van der Waals surface area contributed by atoms with Crippen LogP contribution in [0.25, 0.3) is 10.9 Å². The van der Waals surface area contributed by atoms with Crippen molar-refractivity contribution in [2.75, 3.05) is 19.5 Å². The Balaban J connectivity index is 2.13. The largest absolute Gasteiger partial charge is 0.506 e. The first-order chi connectivity index (χ1) is 12.5. The lowest BCUT2D eigenvalue weighted by Gasteiger charge is -2.12. The van der Waals surface area contributed by atoms with Crippen LogP contribution in [0.5, 0.6) is 17.2 Å². The quantitative estimate of drug-likeness (QED) is 0.661. The summed E-state index contributed by atoms with van der Waals surface area (Å²) >= 11 is 0. The van der Waals surface area contributed by atoms with Gasteiger partial charge in [0.2, 0.25) is 0 Å². The summed E-state index contributed by atoms with van der Waals surface area (Å²) in [6.45, 7) is 1.77. The van der Waals surface area contributed by atoms with Gasteiger partial charge in [0.05, 0.1) is 19.7 Å². The molecule has 0 aliphatic carbocycles.